The molecule has 0 aromatic carbocycles. The van der Waals surface area contributed by atoms with Crippen LogP contribution in [0.3, 0.4) is 0 Å². The molecule has 1 saturated heterocycles. The summed E-state index contributed by atoms with van der Waals surface area (Å²) in [7, 11) is 0. The molecule has 0 bridgehead atoms. The second kappa shape index (κ2) is 7.78. The largest absolute Gasteiger partial charge is 0.378 e. The molecule has 0 aromatic heterocycles. The van der Waals surface area contributed by atoms with Crippen LogP contribution in [0.1, 0.15) is 46.0 Å². The molecule has 1 saturated carbocycles. The van der Waals surface area contributed by atoms with Crippen molar-refractivity contribution in [2.75, 3.05) is 26.3 Å². The number of nitrogens with one attached hydrogen (secondary N) is 1. The summed E-state index contributed by atoms with van der Waals surface area (Å²) in [5.74, 6) is 1.28. The quantitative estimate of drug-likeness (QED) is 0.856. The Bertz CT molecular complexity index is 367. The molecule has 21 heavy (non-hydrogen) atoms. The van der Waals surface area contributed by atoms with Gasteiger partial charge < -0.3 is 15.0 Å². The van der Waals surface area contributed by atoms with Gasteiger partial charge in [-0.3, -0.25) is 9.59 Å². The lowest BCUT2D eigenvalue weighted by Gasteiger charge is -2.34. The minimum Gasteiger partial charge on any atom is -0.378 e. The van der Waals surface area contributed by atoms with Gasteiger partial charge in [-0.15, -0.1) is 0 Å². The van der Waals surface area contributed by atoms with E-state index in [9.17, 15) is 9.59 Å². The molecule has 1 N–H and O–H groups in total. The molecule has 2 fully saturated rings. The van der Waals surface area contributed by atoms with Gasteiger partial charge in [0.05, 0.1) is 13.2 Å². The van der Waals surface area contributed by atoms with Crippen LogP contribution in [-0.2, 0) is 14.3 Å². The summed E-state index contributed by atoms with van der Waals surface area (Å²) in [5.41, 5.74) is 0. The maximum absolute atomic E-state index is 12.0. The zero-order valence-corrected chi connectivity index (χ0v) is 13.3. The molecule has 3 atom stereocenters. The van der Waals surface area contributed by atoms with Crippen LogP contribution in [0.4, 0.5) is 0 Å². The first-order valence-corrected chi connectivity index (χ1v) is 8.23. The lowest BCUT2D eigenvalue weighted by molar-refractivity contribution is -0.137. The van der Waals surface area contributed by atoms with E-state index in [4.69, 9.17) is 4.74 Å². The van der Waals surface area contributed by atoms with Gasteiger partial charge in [-0.1, -0.05) is 26.7 Å². The normalized spacial score (nSPS) is 30.0. The molecule has 2 rings (SSSR count). The van der Waals surface area contributed by atoms with E-state index in [0.29, 0.717) is 51.0 Å². The molecule has 5 nitrogen and oxygen atoms in total. The average molecular weight is 296 g/mol. The van der Waals surface area contributed by atoms with Gasteiger partial charge in [0.25, 0.3) is 0 Å². The van der Waals surface area contributed by atoms with E-state index >= 15 is 0 Å². The highest BCUT2D eigenvalue weighted by molar-refractivity contribution is 5.84. The van der Waals surface area contributed by atoms with E-state index in [2.05, 4.69) is 19.2 Å². The van der Waals surface area contributed by atoms with Crippen molar-refractivity contribution in [1.29, 1.82) is 0 Å². The number of carbonyl (C=O) groups is 2. The van der Waals surface area contributed by atoms with E-state index in [1.54, 1.807) is 4.90 Å². The fourth-order valence-corrected chi connectivity index (χ4v) is 3.26. The number of amides is 2. The third-order valence-electron chi connectivity index (χ3n) is 4.98. The van der Waals surface area contributed by atoms with Crippen LogP contribution in [-0.4, -0.2) is 49.1 Å². The van der Waals surface area contributed by atoms with Crippen LogP contribution in [0.2, 0.25) is 0 Å². The Morgan fingerprint density at radius 2 is 1.86 bits per heavy atom. The minimum atomic E-state index is 0.0163. The van der Waals surface area contributed by atoms with Gasteiger partial charge in [-0.05, 0) is 18.3 Å². The third kappa shape index (κ3) is 4.70. The lowest BCUT2D eigenvalue weighted by Crippen LogP contribution is -2.44. The monoisotopic (exact) mass is 296 g/mol. The number of nitrogens with zero attached hydrogens (tertiary/aromatic N) is 1. The predicted molar refractivity (Wildman–Crippen MR) is 80.7 cm³/mol. The molecule has 2 aliphatic rings. The summed E-state index contributed by atoms with van der Waals surface area (Å²) in [5, 5.41) is 3.12. The molecule has 1 aliphatic heterocycles. The SMILES string of the molecule is C[C@H]1[C@H](C)CCC[C@@H]1NC(=O)CCC(=O)N1CCOCC1. The Balaban J connectivity index is 1.70. The van der Waals surface area contributed by atoms with Crippen molar-refractivity contribution in [3.8, 4) is 0 Å². The summed E-state index contributed by atoms with van der Waals surface area (Å²) in [4.78, 5) is 25.8. The number of ether oxygens (including phenoxy) is 1. The third-order valence-corrected chi connectivity index (χ3v) is 4.98. The molecular formula is C16H28N2O3. The van der Waals surface area contributed by atoms with Crippen LogP contribution in [0.25, 0.3) is 0 Å². The molecule has 0 aromatic rings. The Labute approximate surface area is 127 Å². The summed E-state index contributed by atoms with van der Waals surface area (Å²) in [6, 6.07) is 0.278. The van der Waals surface area contributed by atoms with Crippen molar-refractivity contribution >= 4 is 11.8 Å². The highest BCUT2D eigenvalue weighted by Gasteiger charge is 2.28. The van der Waals surface area contributed by atoms with Gasteiger partial charge in [0.15, 0.2) is 0 Å². The summed E-state index contributed by atoms with van der Waals surface area (Å²) in [6.07, 6.45) is 4.11. The van der Waals surface area contributed by atoms with Crippen molar-refractivity contribution in [1.82, 2.24) is 10.2 Å². The van der Waals surface area contributed by atoms with Gasteiger partial charge in [-0.25, -0.2) is 0 Å². The first-order valence-electron chi connectivity index (χ1n) is 8.23. The molecule has 1 heterocycles. The zero-order valence-electron chi connectivity index (χ0n) is 13.3. The van der Waals surface area contributed by atoms with E-state index in [0.717, 1.165) is 6.42 Å². The predicted octanol–water partition coefficient (Wildman–Crippen LogP) is 1.57. The van der Waals surface area contributed by atoms with Crippen molar-refractivity contribution in [3.05, 3.63) is 0 Å². The highest BCUT2D eigenvalue weighted by atomic mass is 16.5. The standard InChI is InChI=1S/C16H28N2O3/c1-12-4-3-5-14(13(12)2)17-15(19)6-7-16(20)18-8-10-21-11-9-18/h12-14H,3-11H2,1-2H3,(H,17,19)/t12-,13+,14+/m1/s1. The first-order chi connectivity index (χ1) is 10.1. The second-order valence-corrected chi connectivity index (χ2v) is 6.43. The number of hydrogen-bond donors (Lipinski definition) is 1. The van der Waals surface area contributed by atoms with Crippen molar-refractivity contribution < 1.29 is 14.3 Å². The summed E-state index contributed by atoms with van der Waals surface area (Å²) >= 11 is 0. The second-order valence-electron chi connectivity index (χ2n) is 6.43. The summed E-state index contributed by atoms with van der Waals surface area (Å²) in [6.45, 7) is 6.98. The zero-order chi connectivity index (χ0) is 15.2. The molecule has 0 radical (unpaired) electrons. The Morgan fingerprint density at radius 3 is 2.57 bits per heavy atom. The maximum Gasteiger partial charge on any atom is 0.223 e. The Hall–Kier alpha value is -1.10. The van der Waals surface area contributed by atoms with Crippen LogP contribution in [0.5, 0.6) is 0 Å². The smallest absolute Gasteiger partial charge is 0.223 e. The van der Waals surface area contributed by atoms with Crippen LogP contribution in [0.15, 0.2) is 0 Å². The first kappa shape index (κ1) is 16.3. The molecule has 5 heteroatoms. The van der Waals surface area contributed by atoms with E-state index in [1.807, 2.05) is 0 Å². The number of carbonyl (C=O) groups excluding carboxylic acids is 2. The molecule has 1 aliphatic carbocycles. The fraction of sp³-hybridized carbons (Fsp3) is 0.875. The van der Waals surface area contributed by atoms with Gasteiger partial charge in [0.2, 0.25) is 11.8 Å². The van der Waals surface area contributed by atoms with Gasteiger partial charge in [0, 0.05) is 32.0 Å². The highest BCUT2D eigenvalue weighted by Crippen LogP contribution is 2.29. The van der Waals surface area contributed by atoms with E-state index < -0.39 is 0 Å². The average Bonchev–Trinajstić information content (AvgIpc) is 2.50. The maximum atomic E-state index is 12.0. The molecule has 0 unspecified atom stereocenters. The topological polar surface area (TPSA) is 58.6 Å². The number of hydrogen-bond acceptors (Lipinski definition) is 3. The summed E-state index contributed by atoms with van der Waals surface area (Å²) < 4.78 is 5.22. The lowest BCUT2D eigenvalue weighted by atomic mass is 9.78. The van der Waals surface area contributed by atoms with E-state index in [-0.39, 0.29) is 17.9 Å². The minimum absolute atomic E-state index is 0.0163. The molecule has 2 amide bonds. The van der Waals surface area contributed by atoms with Crippen molar-refractivity contribution in [3.63, 3.8) is 0 Å². The number of morpholine rings is 1. The van der Waals surface area contributed by atoms with Crippen molar-refractivity contribution in [2.45, 2.75) is 52.0 Å². The van der Waals surface area contributed by atoms with Gasteiger partial charge >= 0.3 is 0 Å². The van der Waals surface area contributed by atoms with Crippen LogP contribution < -0.4 is 5.32 Å². The van der Waals surface area contributed by atoms with Crippen LogP contribution >= 0.6 is 0 Å². The Kier molecular flexibility index (Phi) is 6.03. The van der Waals surface area contributed by atoms with Crippen molar-refractivity contribution in [2.24, 2.45) is 11.8 Å². The fourth-order valence-electron chi connectivity index (χ4n) is 3.26. The number of rotatable bonds is 4. The molecular weight excluding hydrogens is 268 g/mol. The van der Waals surface area contributed by atoms with Crippen LogP contribution in [0, 0.1) is 11.8 Å². The molecule has 120 valence electrons. The van der Waals surface area contributed by atoms with Gasteiger partial charge in [-0.2, -0.15) is 0 Å². The van der Waals surface area contributed by atoms with E-state index in [1.165, 1.54) is 12.8 Å². The molecule has 0 spiro atoms. The Morgan fingerprint density at radius 1 is 1.14 bits per heavy atom. The van der Waals surface area contributed by atoms with Gasteiger partial charge in [0.1, 0.15) is 0 Å².